The van der Waals surface area contributed by atoms with Crippen LogP contribution < -0.4 is 5.32 Å². The molecule has 0 fully saturated rings. The summed E-state index contributed by atoms with van der Waals surface area (Å²) in [6.07, 6.45) is 4.30. The SMILES string of the molecule is CC[C@H](C)[C@H](NC)C(=O)N(CCO)Cc1ncc[nH]1. The van der Waals surface area contributed by atoms with Gasteiger partial charge in [0.2, 0.25) is 5.91 Å². The quantitative estimate of drug-likeness (QED) is 0.636. The van der Waals surface area contributed by atoms with Crippen molar-refractivity contribution in [3.05, 3.63) is 18.2 Å². The molecule has 6 nitrogen and oxygen atoms in total. The van der Waals surface area contributed by atoms with Gasteiger partial charge in [0.25, 0.3) is 0 Å². The standard InChI is InChI=1S/C13H24N4O2/c1-4-10(2)12(14-3)13(19)17(7-8-18)9-11-15-5-6-16-11/h5-6,10,12,14,18H,4,7-9H2,1-3H3,(H,15,16)/t10-,12-/m0/s1. The number of aromatic nitrogens is 2. The Morgan fingerprint density at radius 3 is 2.84 bits per heavy atom. The largest absolute Gasteiger partial charge is 0.395 e. The van der Waals surface area contributed by atoms with Gasteiger partial charge in [0.1, 0.15) is 5.82 Å². The minimum Gasteiger partial charge on any atom is -0.395 e. The molecule has 1 rings (SSSR count). The number of carbonyl (C=O) groups excluding carboxylic acids is 1. The number of carbonyl (C=O) groups is 1. The van der Waals surface area contributed by atoms with Crippen molar-refractivity contribution >= 4 is 5.91 Å². The lowest BCUT2D eigenvalue weighted by atomic mass is 9.98. The van der Waals surface area contributed by atoms with E-state index in [2.05, 4.69) is 22.2 Å². The summed E-state index contributed by atoms with van der Waals surface area (Å²) in [5, 5.41) is 12.2. The first-order valence-electron chi connectivity index (χ1n) is 6.69. The molecule has 0 aromatic carbocycles. The third kappa shape index (κ3) is 4.33. The molecule has 1 aromatic rings. The van der Waals surface area contributed by atoms with Crippen LogP contribution in [0.3, 0.4) is 0 Å². The minimum absolute atomic E-state index is 0.00213. The normalized spacial score (nSPS) is 14.1. The molecule has 0 unspecified atom stereocenters. The first kappa shape index (κ1) is 15.7. The lowest BCUT2D eigenvalue weighted by Gasteiger charge is -2.29. The highest BCUT2D eigenvalue weighted by Crippen LogP contribution is 2.12. The molecule has 0 bridgehead atoms. The van der Waals surface area contributed by atoms with Gasteiger partial charge in [0, 0.05) is 18.9 Å². The van der Waals surface area contributed by atoms with Gasteiger partial charge < -0.3 is 20.3 Å². The van der Waals surface area contributed by atoms with Gasteiger partial charge in [-0.15, -0.1) is 0 Å². The maximum atomic E-state index is 12.5. The van der Waals surface area contributed by atoms with Gasteiger partial charge in [-0.3, -0.25) is 4.79 Å². The van der Waals surface area contributed by atoms with E-state index in [0.29, 0.717) is 13.1 Å². The number of nitrogens with zero attached hydrogens (tertiary/aromatic N) is 2. The number of hydrogen-bond acceptors (Lipinski definition) is 4. The van der Waals surface area contributed by atoms with Crippen molar-refractivity contribution in [3.8, 4) is 0 Å². The van der Waals surface area contributed by atoms with Crippen LogP contribution in [0.1, 0.15) is 26.1 Å². The highest BCUT2D eigenvalue weighted by atomic mass is 16.3. The van der Waals surface area contributed by atoms with E-state index in [1.54, 1.807) is 24.3 Å². The summed E-state index contributed by atoms with van der Waals surface area (Å²) in [4.78, 5) is 21.2. The Morgan fingerprint density at radius 2 is 2.37 bits per heavy atom. The number of hydrogen-bond donors (Lipinski definition) is 3. The maximum Gasteiger partial charge on any atom is 0.240 e. The zero-order valence-electron chi connectivity index (χ0n) is 11.9. The Kier molecular flexibility index (Phi) is 6.52. The lowest BCUT2D eigenvalue weighted by Crippen LogP contribution is -2.49. The zero-order chi connectivity index (χ0) is 14.3. The molecule has 1 heterocycles. The van der Waals surface area contributed by atoms with Crippen LogP contribution in [0, 0.1) is 5.92 Å². The van der Waals surface area contributed by atoms with Crippen LogP contribution in [0.15, 0.2) is 12.4 Å². The molecule has 6 heteroatoms. The van der Waals surface area contributed by atoms with Gasteiger partial charge in [-0.05, 0) is 13.0 Å². The van der Waals surface area contributed by atoms with E-state index in [0.717, 1.165) is 12.2 Å². The number of amides is 1. The molecule has 0 spiro atoms. The Balaban J connectivity index is 2.76. The van der Waals surface area contributed by atoms with Crippen LogP contribution in [0.2, 0.25) is 0 Å². The molecule has 2 atom stereocenters. The topological polar surface area (TPSA) is 81.2 Å². The Hall–Kier alpha value is -1.40. The van der Waals surface area contributed by atoms with Crippen LogP contribution in [-0.2, 0) is 11.3 Å². The summed E-state index contributed by atoms with van der Waals surface area (Å²) in [5.74, 6) is 0.971. The van der Waals surface area contributed by atoms with E-state index in [-0.39, 0.29) is 24.5 Å². The highest BCUT2D eigenvalue weighted by Gasteiger charge is 2.27. The monoisotopic (exact) mass is 268 g/mol. The van der Waals surface area contributed by atoms with E-state index in [1.165, 1.54) is 0 Å². The summed E-state index contributed by atoms with van der Waals surface area (Å²) < 4.78 is 0. The van der Waals surface area contributed by atoms with E-state index in [1.807, 2.05) is 6.92 Å². The molecule has 0 aliphatic carbocycles. The number of aliphatic hydroxyl groups excluding tert-OH is 1. The maximum absolute atomic E-state index is 12.5. The zero-order valence-corrected chi connectivity index (χ0v) is 11.9. The molecule has 1 aromatic heterocycles. The minimum atomic E-state index is -0.230. The smallest absolute Gasteiger partial charge is 0.240 e. The molecular weight excluding hydrogens is 244 g/mol. The van der Waals surface area contributed by atoms with Crippen molar-refractivity contribution in [1.82, 2.24) is 20.2 Å². The van der Waals surface area contributed by atoms with Crippen LogP contribution in [-0.4, -0.2) is 52.1 Å². The average Bonchev–Trinajstić information content (AvgIpc) is 2.91. The molecule has 108 valence electrons. The predicted octanol–water partition coefficient (Wildman–Crippen LogP) is 0.365. The van der Waals surface area contributed by atoms with Crippen molar-refractivity contribution in [2.24, 2.45) is 5.92 Å². The van der Waals surface area contributed by atoms with Crippen molar-refractivity contribution < 1.29 is 9.90 Å². The van der Waals surface area contributed by atoms with E-state index in [4.69, 9.17) is 5.11 Å². The van der Waals surface area contributed by atoms with Crippen molar-refractivity contribution in [1.29, 1.82) is 0 Å². The van der Waals surface area contributed by atoms with Crippen LogP contribution in [0.5, 0.6) is 0 Å². The molecule has 0 aliphatic heterocycles. The number of aliphatic hydroxyl groups is 1. The fourth-order valence-corrected chi connectivity index (χ4v) is 2.04. The van der Waals surface area contributed by atoms with Crippen LogP contribution in [0.4, 0.5) is 0 Å². The first-order valence-corrected chi connectivity index (χ1v) is 6.69. The van der Waals surface area contributed by atoms with Crippen molar-refractivity contribution in [3.63, 3.8) is 0 Å². The predicted molar refractivity (Wildman–Crippen MR) is 73.4 cm³/mol. The summed E-state index contributed by atoms with van der Waals surface area (Å²) in [6.45, 7) is 4.76. The molecule has 0 saturated carbocycles. The Labute approximate surface area is 114 Å². The molecule has 0 radical (unpaired) electrons. The lowest BCUT2D eigenvalue weighted by molar-refractivity contribution is -0.135. The summed E-state index contributed by atoms with van der Waals surface area (Å²) in [6, 6.07) is -0.230. The van der Waals surface area contributed by atoms with Crippen LogP contribution >= 0.6 is 0 Å². The second kappa shape index (κ2) is 7.91. The summed E-state index contributed by atoms with van der Waals surface area (Å²) in [5.41, 5.74) is 0. The van der Waals surface area contributed by atoms with E-state index < -0.39 is 0 Å². The second-order valence-electron chi connectivity index (χ2n) is 4.67. The van der Waals surface area contributed by atoms with Gasteiger partial charge >= 0.3 is 0 Å². The highest BCUT2D eigenvalue weighted by molar-refractivity contribution is 5.82. The molecule has 0 aliphatic rings. The molecule has 0 saturated heterocycles. The molecule has 19 heavy (non-hydrogen) atoms. The van der Waals surface area contributed by atoms with Crippen LogP contribution in [0.25, 0.3) is 0 Å². The Bertz CT molecular complexity index is 367. The van der Waals surface area contributed by atoms with Gasteiger partial charge in [-0.1, -0.05) is 20.3 Å². The number of rotatable bonds is 8. The van der Waals surface area contributed by atoms with E-state index in [9.17, 15) is 4.79 Å². The molecule has 1 amide bonds. The van der Waals surface area contributed by atoms with Gasteiger partial charge in [0.05, 0.1) is 19.2 Å². The number of H-pyrrole nitrogens is 1. The van der Waals surface area contributed by atoms with Gasteiger partial charge in [-0.2, -0.15) is 0 Å². The third-order valence-electron chi connectivity index (χ3n) is 3.37. The first-order chi connectivity index (χ1) is 9.13. The third-order valence-corrected chi connectivity index (χ3v) is 3.37. The molecular formula is C13H24N4O2. The van der Waals surface area contributed by atoms with Crippen molar-refractivity contribution in [2.45, 2.75) is 32.9 Å². The fraction of sp³-hybridized carbons (Fsp3) is 0.692. The van der Waals surface area contributed by atoms with Crippen molar-refractivity contribution in [2.75, 3.05) is 20.2 Å². The number of aromatic amines is 1. The van der Waals surface area contributed by atoms with Gasteiger partial charge in [0.15, 0.2) is 0 Å². The number of nitrogens with one attached hydrogen (secondary N) is 2. The number of imidazole rings is 1. The summed E-state index contributed by atoms with van der Waals surface area (Å²) in [7, 11) is 1.79. The second-order valence-corrected chi connectivity index (χ2v) is 4.67. The van der Waals surface area contributed by atoms with Gasteiger partial charge in [-0.25, -0.2) is 4.98 Å². The summed E-state index contributed by atoms with van der Waals surface area (Å²) >= 11 is 0. The Morgan fingerprint density at radius 1 is 1.63 bits per heavy atom. The average molecular weight is 268 g/mol. The molecule has 3 N–H and O–H groups in total. The van der Waals surface area contributed by atoms with E-state index >= 15 is 0 Å². The number of likely N-dealkylation sites (N-methyl/N-ethyl adjacent to an activating group) is 1. The fourth-order valence-electron chi connectivity index (χ4n) is 2.04.